The van der Waals surface area contributed by atoms with E-state index in [1.807, 2.05) is 6.92 Å². The van der Waals surface area contributed by atoms with Crippen molar-refractivity contribution in [2.45, 2.75) is 50.3 Å². The van der Waals surface area contributed by atoms with Crippen LogP contribution in [0.4, 0.5) is 17.6 Å². The largest absolute Gasteiger partial charge is 0.487 e. The van der Waals surface area contributed by atoms with Gasteiger partial charge in [-0.25, -0.2) is 8.78 Å². The first-order valence-corrected chi connectivity index (χ1v) is 8.62. The van der Waals surface area contributed by atoms with Crippen LogP contribution in [0.5, 0.6) is 5.75 Å². The van der Waals surface area contributed by atoms with Gasteiger partial charge in [0.2, 0.25) is 11.6 Å². The summed E-state index contributed by atoms with van der Waals surface area (Å²) in [6.07, 6.45) is 5.17. The van der Waals surface area contributed by atoms with Crippen LogP contribution in [-0.2, 0) is 10.1 Å². The Morgan fingerprint density at radius 2 is 1.35 bits per heavy atom. The van der Waals surface area contributed by atoms with Crippen LogP contribution in [0.15, 0.2) is 4.90 Å². The van der Waals surface area contributed by atoms with Crippen LogP contribution in [0, 0.1) is 23.3 Å². The molecule has 0 spiro atoms. The molecule has 1 aromatic rings. The molecule has 0 aliphatic carbocycles. The van der Waals surface area contributed by atoms with E-state index in [9.17, 15) is 26.0 Å². The highest BCUT2D eigenvalue weighted by Crippen LogP contribution is 2.32. The maximum atomic E-state index is 13.6. The molecule has 132 valence electrons. The Balaban J connectivity index is 2.82. The average molecular weight is 358 g/mol. The van der Waals surface area contributed by atoms with E-state index < -0.39 is 44.0 Å². The fraction of sp³-hybridized carbons (Fsp3) is 0.571. The van der Waals surface area contributed by atoms with Gasteiger partial charge in [-0.05, 0) is 6.42 Å². The van der Waals surface area contributed by atoms with E-state index in [2.05, 4.69) is 0 Å². The Morgan fingerprint density at radius 1 is 0.870 bits per heavy atom. The summed E-state index contributed by atoms with van der Waals surface area (Å²) in [5, 5.41) is 0. The summed E-state index contributed by atoms with van der Waals surface area (Å²) in [7, 11) is -5.45. The Hall–Kier alpha value is -1.35. The van der Waals surface area contributed by atoms with Crippen molar-refractivity contribution in [2.75, 3.05) is 6.61 Å². The predicted octanol–water partition coefficient (Wildman–Crippen LogP) is 4.23. The van der Waals surface area contributed by atoms with Gasteiger partial charge in [0, 0.05) is 0 Å². The van der Waals surface area contributed by atoms with Crippen LogP contribution in [0.25, 0.3) is 0 Å². The first-order chi connectivity index (χ1) is 10.7. The number of ether oxygens (including phenoxy) is 1. The molecule has 0 unspecified atom stereocenters. The van der Waals surface area contributed by atoms with Crippen molar-refractivity contribution in [1.82, 2.24) is 0 Å². The van der Waals surface area contributed by atoms with E-state index in [1.165, 1.54) is 0 Å². The number of benzene rings is 1. The smallest absolute Gasteiger partial charge is 0.300 e. The van der Waals surface area contributed by atoms with Gasteiger partial charge in [0.15, 0.2) is 22.3 Å². The van der Waals surface area contributed by atoms with E-state index >= 15 is 0 Å². The van der Waals surface area contributed by atoms with Gasteiger partial charge in [0.1, 0.15) is 0 Å². The molecule has 0 saturated heterocycles. The molecule has 1 aromatic carbocycles. The van der Waals surface area contributed by atoms with Gasteiger partial charge < -0.3 is 4.74 Å². The molecule has 0 heterocycles. The first kappa shape index (κ1) is 19.7. The molecular formula is C14H18F4O4S. The van der Waals surface area contributed by atoms with Crippen molar-refractivity contribution in [3.8, 4) is 5.75 Å². The average Bonchev–Trinajstić information content (AvgIpc) is 2.46. The van der Waals surface area contributed by atoms with Crippen LogP contribution < -0.4 is 4.74 Å². The van der Waals surface area contributed by atoms with Crippen molar-refractivity contribution in [1.29, 1.82) is 0 Å². The molecule has 0 amide bonds. The van der Waals surface area contributed by atoms with E-state index in [-0.39, 0.29) is 6.61 Å². The third-order valence-corrected chi connectivity index (χ3v) is 4.06. The Morgan fingerprint density at radius 3 is 1.83 bits per heavy atom. The third kappa shape index (κ3) is 5.07. The van der Waals surface area contributed by atoms with Crippen molar-refractivity contribution >= 4 is 10.1 Å². The van der Waals surface area contributed by atoms with Crippen LogP contribution in [0.1, 0.15) is 45.4 Å². The first-order valence-electron chi connectivity index (χ1n) is 7.18. The van der Waals surface area contributed by atoms with Crippen molar-refractivity contribution < 1.29 is 35.3 Å². The summed E-state index contributed by atoms with van der Waals surface area (Å²) in [5.74, 6) is -9.76. The lowest BCUT2D eigenvalue weighted by atomic mass is 10.1. The zero-order valence-electron chi connectivity index (χ0n) is 12.5. The zero-order chi connectivity index (χ0) is 17.6. The van der Waals surface area contributed by atoms with Crippen LogP contribution >= 0.6 is 0 Å². The summed E-state index contributed by atoms with van der Waals surface area (Å²) in [4.78, 5) is -2.07. The molecule has 0 radical (unpaired) electrons. The van der Waals surface area contributed by atoms with E-state index in [0.29, 0.717) is 6.42 Å². The molecule has 0 aliphatic rings. The summed E-state index contributed by atoms with van der Waals surface area (Å²) in [5.41, 5.74) is 0. The Kier molecular flexibility index (Phi) is 7.27. The highest BCUT2D eigenvalue weighted by molar-refractivity contribution is 7.85. The number of hydrogen-bond acceptors (Lipinski definition) is 3. The summed E-state index contributed by atoms with van der Waals surface area (Å²) in [6.45, 7) is 1.87. The molecule has 1 N–H and O–H groups in total. The van der Waals surface area contributed by atoms with E-state index in [1.54, 1.807) is 0 Å². The van der Waals surface area contributed by atoms with Crippen LogP contribution in [0.2, 0.25) is 0 Å². The minimum Gasteiger partial charge on any atom is -0.487 e. The standard InChI is InChI=1S/C14H18F4O4S/c1-2-3-4-5-6-7-8-22-13-9(15)11(17)14(23(19,20)21)12(18)10(13)16/h2-8H2,1H3,(H,19,20,21). The second-order valence-electron chi connectivity index (χ2n) is 5.01. The number of halogens is 4. The van der Waals surface area contributed by atoms with E-state index in [4.69, 9.17) is 9.29 Å². The minimum atomic E-state index is -5.45. The zero-order valence-corrected chi connectivity index (χ0v) is 13.4. The Bertz CT molecular complexity index is 618. The lowest BCUT2D eigenvalue weighted by Crippen LogP contribution is -2.12. The molecule has 0 aliphatic heterocycles. The topological polar surface area (TPSA) is 63.6 Å². The summed E-state index contributed by atoms with van der Waals surface area (Å²) in [6, 6.07) is 0. The van der Waals surface area contributed by atoms with Crippen molar-refractivity contribution in [3.63, 3.8) is 0 Å². The second kappa shape index (κ2) is 8.49. The fourth-order valence-corrected chi connectivity index (χ4v) is 2.63. The third-order valence-electron chi connectivity index (χ3n) is 3.19. The SMILES string of the molecule is CCCCCCCCOc1c(F)c(F)c(S(=O)(=O)O)c(F)c1F. The molecule has 0 aromatic heterocycles. The van der Waals surface area contributed by atoms with Gasteiger partial charge in [0.25, 0.3) is 0 Å². The summed E-state index contributed by atoms with van der Waals surface area (Å²) < 4.78 is 89.2. The summed E-state index contributed by atoms with van der Waals surface area (Å²) >= 11 is 0. The lowest BCUT2D eigenvalue weighted by Gasteiger charge is -2.11. The number of hydrogen-bond donors (Lipinski definition) is 1. The number of unbranched alkanes of at least 4 members (excludes halogenated alkanes) is 5. The molecule has 9 heteroatoms. The lowest BCUT2D eigenvalue weighted by molar-refractivity contribution is 0.258. The second-order valence-corrected chi connectivity index (χ2v) is 6.36. The highest BCUT2D eigenvalue weighted by Gasteiger charge is 2.33. The molecule has 4 nitrogen and oxygen atoms in total. The van der Waals surface area contributed by atoms with E-state index in [0.717, 1.165) is 32.1 Å². The van der Waals surface area contributed by atoms with Gasteiger partial charge in [-0.3, -0.25) is 4.55 Å². The molecule has 0 bridgehead atoms. The molecule has 0 atom stereocenters. The van der Waals surface area contributed by atoms with Gasteiger partial charge in [-0.1, -0.05) is 39.0 Å². The fourth-order valence-electron chi connectivity index (χ4n) is 2.00. The minimum absolute atomic E-state index is 0.177. The number of rotatable bonds is 9. The predicted molar refractivity (Wildman–Crippen MR) is 75.0 cm³/mol. The highest BCUT2D eigenvalue weighted by atomic mass is 32.2. The van der Waals surface area contributed by atoms with Crippen LogP contribution in [-0.4, -0.2) is 19.6 Å². The maximum Gasteiger partial charge on any atom is 0.300 e. The molecular weight excluding hydrogens is 340 g/mol. The van der Waals surface area contributed by atoms with Gasteiger partial charge in [-0.2, -0.15) is 17.2 Å². The normalized spacial score (nSPS) is 11.7. The Labute approximate surface area is 132 Å². The van der Waals surface area contributed by atoms with Gasteiger partial charge in [0.05, 0.1) is 6.61 Å². The maximum absolute atomic E-state index is 13.6. The quantitative estimate of drug-likeness (QED) is 0.311. The van der Waals surface area contributed by atoms with Gasteiger partial charge >= 0.3 is 10.1 Å². The molecule has 23 heavy (non-hydrogen) atoms. The molecule has 0 fully saturated rings. The monoisotopic (exact) mass is 358 g/mol. The van der Waals surface area contributed by atoms with Gasteiger partial charge in [-0.15, -0.1) is 0 Å². The molecule has 1 rings (SSSR count). The van der Waals surface area contributed by atoms with Crippen molar-refractivity contribution in [2.24, 2.45) is 0 Å². The molecule has 0 saturated carbocycles. The van der Waals surface area contributed by atoms with Crippen molar-refractivity contribution in [3.05, 3.63) is 23.3 Å². The van der Waals surface area contributed by atoms with Crippen LogP contribution in [0.3, 0.4) is 0 Å².